The number of anilines is 1. The van der Waals surface area contributed by atoms with Gasteiger partial charge >= 0.3 is 6.01 Å². The Bertz CT molecular complexity index is 381. The van der Waals surface area contributed by atoms with E-state index in [9.17, 15) is 0 Å². The molecule has 2 rings (SSSR count). The van der Waals surface area contributed by atoms with E-state index < -0.39 is 0 Å². The van der Waals surface area contributed by atoms with Gasteiger partial charge in [-0.3, -0.25) is 0 Å². The molecule has 0 aromatic carbocycles. The summed E-state index contributed by atoms with van der Waals surface area (Å²) in [5, 5.41) is 3.32. The summed E-state index contributed by atoms with van der Waals surface area (Å²) in [7, 11) is 1.50. The van der Waals surface area contributed by atoms with Gasteiger partial charge < -0.3 is 10.1 Å². The van der Waals surface area contributed by atoms with Crippen LogP contribution in [0, 0.1) is 5.41 Å². The Labute approximate surface area is 99.6 Å². The van der Waals surface area contributed by atoms with Crippen molar-refractivity contribution in [2.75, 3.05) is 19.0 Å². The molecule has 0 bridgehead atoms. The molecule has 1 aromatic rings. The highest BCUT2D eigenvalue weighted by molar-refractivity contribution is 6.28. The maximum Gasteiger partial charge on any atom is 0.322 e. The molecule has 16 heavy (non-hydrogen) atoms. The van der Waals surface area contributed by atoms with Crippen LogP contribution < -0.4 is 10.1 Å². The zero-order valence-electron chi connectivity index (χ0n) is 9.46. The molecule has 1 heterocycles. The van der Waals surface area contributed by atoms with Crippen LogP contribution >= 0.6 is 11.6 Å². The fourth-order valence-corrected chi connectivity index (χ4v) is 1.90. The predicted molar refractivity (Wildman–Crippen MR) is 61.8 cm³/mol. The van der Waals surface area contributed by atoms with Crippen LogP contribution in [0.4, 0.5) is 5.95 Å². The highest BCUT2D eigenvalue weighted by Crippen LogP contribution is 2.40. The number of nitrogens with zero attached hydrogens (tertiary/aromatic N) is 3. The molecule has 0 atom stereocenters. The van der Waals surface area contributed by atoms with Crippen LogP contribution in [0.25, 0.3) is 0 Å². The number of ether oxygens (including phenoxy) is 1. The molecular weight excluding hydrogens is 228 g/mol. The first-order chi connectivity index (χ1) is 7.61. The predicted octanol–water partition coefficient (Wildman–Crippen LogP) is 2.14. The lowest BCUT2D eigenvalue weighted by atomic mass is 9.70. The fourth-order valence-electron chi connectivity index (χ4n) is 1.75. The molecular formula is C10H15ClN4O. The Hall–Kier alpha value is -1.10. The van der Waals surface area contributed by atoms with Gasteiger partial charge in [0.25, 0.3) is 0 Å². The Morgan fingerprint density at radius 1 is 1.38 bits per heavy atom. The van der Waals surface area contributed by atoms with Crippen molar-refractivity contribution in [3.05, 3.63) is 5.28 Å². The third-order valence-electron chi connectivity index (χ3n) is 3.00. The third kappa shape index (κ3) is 2.52. The standard InChI is InChI=1S/C10H15ClN4O/c1-10(4-3-5-10)6-12-8-13-7(11)14-9(15-8)16-2/h3-6H2,1-2H3,(H,12,13,14,15). The normalized spacial score (nSPS) is 17.7. The molecule has 1 N–H and O–H groups in total. The molecule has 5 nitrogen and oxygen atoms in total. The summed E-state index contributed by atoms with van der Waals surface area (Å²) < 4.78 is 4.92. The molecule has 0 saturated heterocycles. The van der Waals surface area contributed by atoms with Crippen LogP contribution in [0.2, 0.25) is 5.28 Å². The van der Waals surface area contributed by atoms with E-state index in [-0.39, 0.29) is 11.3 Å². The lowest BCUT2D eigenvalue weighted by molar-refractivity contribution is 0.179. The molecule has 1 aliphatic rings. The van der Waals surface area contributed by atoms with Gasteiger partial charge in [0.1, 0.15) is 0 Å². The molecule has 1 aliphatic carbocycles. The van der Waals surface area contributed by atoms with Gasteiger partial charge in [0, 0.05) is 6.54 Å². The number of halogens is 1. The summed E-state index contributed by atoms with van der Waals surface area (Å²) in [6, 6.07) is 0.237. The Morgan fingerprint density at radius 3 is 2.69 bits per heavy atom. The van der Waals surface area contributed by atoms with E-state index >= 15 is 0 Å². The number of rotatable bonds is 4. The highest BCUT2D eigenvalue weighted by atomic mass is 35.5. The van der Waals surface area contributed by atoms with Crippen molar-refractivity contribution in [1.82, 2.24) is 15.0 Å². The largest absolute Gasteiger partial charge is 0.467 e. The lowest BCUT2D eigenvalue weighted by Crippen LogP contribution is -2.33. The van der Waals surface area contributed by atoms with E-state index in [1.54, 1.807) is 0 Å². The smallest absolute Gasteiger partial charge is 0.322 e. The number of aromatic nitrogens is 3. The maximum atomic E-state index is 5.74. The van der Waals surface area contributed by atoms with Crippen LogP contribution in [0.1, 0.15) is 26.2 Å². The highest BCUT2D eigenvalue weighted by Gasteiger charge is 2.31. The second-order valence-corrected chi connectivity index (χ2v) is 4.77. The molecule has 6 heteroatoms. The van der Waals surface area contributed by atoms with Gasteiger partial charge in [-0.15, -0.1) is 0 Å². The quantitative estimate of drug-likeness (QED) is 0.877. The zero-order valence-corrected chi connectivity index (χ0v) is 10.2. The zero-order chi connectivity index (χ0) is 11.6. The van der Waals surface area contributed by atoms with E-state index in [1.165, 1.54) is 26.4 Å². The topological polar surface area (TPSA) is 59.9 Å². The van der Waals surface area contributed by atoms with Crippen LogP contribution in [-0.4, -0.2) is 28.6 Å². The molecule has 0 aliphatic heterocycles. The number of hydrogen-bond acceptors (Lipinski definition) is 5. The van der Waals surface area contributed by atoms with Gasteiger partial charge in [-0.05, 0) is 29.9 Å². The van der Waals surface area contributed by atoms with Crippen molar-refractivity contribution in [1.29, 1.82) is 0 Å². The van der Waals surface area contributed by atoms with Crippen molar-refractivity contribution in [2.45, 2.75) is 26.2 Å². The molecule has 0 unspecified atom stereocenters. The molecule has 1 fully saturated rings. The summed E-state index contributed by atoms with van der Waals surface area (Å²) >= 11 is 5.74. The summed E-state index contributed by atoms with van der Waals surface area (Å²) in [4.78, 5) is 11.9. The van der Waals surface area contributed by atoms with E-state index in [4.69, 9.17) is 16.3 Å². The van der Waals surface area contributed by atoms with Crippen molar-refractivity contribution in [3.63, 3.8) is 0 Å². The van der Waals surface area contributed by atoms with Gasteiger partial charge in [0.2, 0.25) is 11.2 Å². The third-order valence-corrected chi connectivity index (χ3v) is 3.17. The van der Waals surface area contributed by atoms with E-state index in [1.807, 2.05) is 0 Å². The lowest BCUT2D eigenvalue weighted by Gasteiger charge is -2.38. The Balaban J connectivity index is 2.00. The van der Waals surface area contributed by atoms with Crippen molar-refractivity contribution >= 4 is 17.5 Å². The second-order valence-electron chi connectivity index (χ2n) is 4.43. The van der Waals surface area contributed by atoms with Crippen LogP contribution in [0.3, 0.4) is 0 Å². The minimum absolute atomic E-state index is 0.146. The summed E-state index contributed by atoms with van der Waals surface area (Å²) in [5.41, 5.74) is 0.367. The monoisotopic (exact) mass is 242 g/mol. The van der Waals surface area contributed by atoms with Gasteiger partial charge in [-0.25, -0.2) is 0 Å². The fraction of sp³-hybridized carbons (Fsp3) is 0.700. The SMILES string of the molecule is COc1nc(Cl)nc(NCC2(C)CCC2)n1. The van der Waals surface area contributed by atoms with Gasteiger partial charge in [0.15, 0.2) is 0 Å². The Kier molecular flexibility index (Phi) is 3.14. The first-order valence-electron chi connectivity index (χ1n) is 5.31. The summed E-state index contributed by atoms with van der Waals surface area (Å²) in [5.74, 6) is 0.477. The van der Waals surface area contributed by atoms with Gasteiger partial charge in [0.05, 0.1) is 7.11 Å². The van der Waals surface area contributed by atoms with Crippen molar-refractivity contribution < 1.29 is 4.74 Å². The second kappa shape index (κ2) is 4.41. The molecule has 1 aromatic heterocycles. The van der Waals surface area contributed by atoms with Crippen LogP contribution in [0.5, 0.6) is 6.01 Å². The van der Waals surface area contributed by atoms with Gasteiger partial charge in [-0.2, -0.15) is 15.0 Å². The number of nitrogens with one attached hydrogen (secondary N) is 1. The van der Waals surface area contributed by atoms with Crippen molar-refractivity contribution in [3.8, 4) is 6.01 Å². The molecule has 0 radical (unpaired) electrons. The Morgan fingerprint density at radius 2 is 2.12 bits per heavy atom. The first kappa shape index (κ1) is 11.4. The molecule has 0 amide bonds. The summed E-state index contributed by atoms with van der Waals surface area (Å²) in [6.07, 6.45) is 3.80. The van der Waals surface area contributed by atoms with E-state index in [2.05, 4.69) is 27.2 Å². The molecule has 0 spiro atoms. The first-order valence-corrected chi connectivity index (χ1v) is 5.69. The van der Waals surface area contributed by atoms with Crippen molar-refractivity contribution in [2.24, 2.45) is 5.41 Å². The molecule has 1 saturated carbocycles. The van der Waals surface area contributed by atoms with E-state index in [0.29, 0.717) is 11.4 Å². The van der Waals surface area contributed by atoms with Gasteiger partial charge in [-0.1, -0.05) is 13.3 Å². The average molecular weight is 243 g/mol. The number of methoxy groups -OCH3 is 1. The average Bonchev–Trinajstić information content (AvgIpc) is 2.23. The number of hydrogen-bond donors (Lipinski definition) is 1. The maximum absolute atomic E-state index is 5.74. The minimum atomic E-state index is 0.146. The van der Waals surface area contributed by atoms with Crippen LogP contribution in [-0.2, 0) is 0 Å². The summed E-state index contributed by atoms with van der Waals surface area (Å²) in [6.45, 7) is 3.11. The minimum Gasteiger partial charge on any atom is -0.467 e. The van der Waals surface area contributed by atoms with Crippen LogP contribution in [0.15, 0.2) is 0 Å². The van der Waals surface area contributed by atoms with E-state index in [0.717, 1.165) is 6.54 Å². The molecule has 88 valence electrons.